The lowest BCUT2D eigenvalue weighted by Crippen LogP contribution is -2.51. The van der Waals surface area contributed by atoms with Crippen molar-refractivity contribution in [3.05, 3.63) is 29.6 Å². The minimum atomic E-state index is -0.204. The zero-order valence-corrected chi connectivity index (χ0v) is 18.9. The van der Waals surface area contributed by atoms with Crippen molar-refractivity contribution in [3.63, 3.8) is 0 Å². The van der Waals surface area contributed by atoms with E-state index in [9.17, 15) is 9.18 Å². The molecule has 1 aromatic rings. The van der Waals surface area contributed by atoms with Gasteiger partial charge in [0.1, 0.15) is 12.4 Å². The average molecular weight is 491 g/mol. The number of amides is 1. The molecule has 27 heavy (non-hydrogen) atoms. The van der Waals surface area contributed by atoms with Gasteiger partial charge in [0.15, 0.2) is 5.96 Å². The highest BCUT2D eigenvalue weighted by molar-refractivity contribution is 14.0. The molecule has 0 bridgehead atoms. The van der Waals surface area contributed by atoms with Crippen LogP contribution < -0.4 is 15.5 Å². The fourth-order valence-electron chi connectivity index (χ4n) is 3.09. The van der Waals surface area contributed by atoms with Crippen molar-refractivity contribution in [2.24, 2.45) is 4.99 Å². The van der Waals surface area contributed by atoms with E-state index in [1.165, 1.54) is 11.0 Å². The Hall–Kier alpha value is -1.58. The van der Waals surface area contributed by atoms with E-state index in [-0.39, 0.29) is 48.3 Å². The highest BCUT2D eigenvalue weighted by Crippen LogP contribution is 2.24. The van der Waals surface area contributed by atoms with E-state index < -0.39 is 0 Å². The number of aliphatic imine (C=N–C) groups is 1. The summed E-state index contributed by atoms with van der Waals surface area (Å²) in [7, 11) is 3.45. The van der Waals surface area contributed by atoms with Crippen LogP contribution in [0.2, 0.25) is 0 Å². The van der Waals surface area contributed by atoms with E-state index in [0.717, 1.165) is 43.7 Å². The van der Waals surface area contributed by atoms with Crippen molar-refractivity contribution < 1.29 is 9.18 Å². The van der Waals surface area contributed by atoms with Crippen LogP contribution in [-0.4, -0.2) is 63.1 Å². The maximum atomic E-state index is 13.4. The summed E-state index contributed by atoms with van der Waals surface area (Å²) in [6.07, 6.45) is 2.08. The second-order valence-corrected chi connectivity index (χ2v) is 6.84. The number of carbonyl (C=O) groups excluding carboxylic acids is 1. The summed E-state index contributed by atoms with van der Waals surface area (Å²) in [6.45, 7) is 6.56. The van der Waals surface area contributed by atoms with E-state index in [2.05, 4.69) is 20.5 Å². The molecule has 1 heterocycles. The van der Waals surface area contributed by atoms with Crippen molar-refractivity contribution in [1.82, 2.24) is 15.5 Å². The van der Waals surface area contributed by atoms with Crippen molar-refractivity contribution in [2.45, 2.75) is 32.7 Å². The Morgan fingerprint density at radius 2 is 2.15 bits per heavy atom. The molecule has 2 rings (SSSR count). The predicted molar refractivity (Wildman–Crippen MR) is 120 cm³/mol. The zero-order valence-electron chi connectivity index (χ0n) is 16.6. The smallest absolute Gasteiger partial charge is 0.243 e. The zero-order chi connectivity index (χ0) is 19.1. The fourth-order valence-corrected chi connectivity index (χ4v) is 3.09. The molecule has 8 heteroatoms. The second-order valence-electron chi connectivity index (χ2n) is 6.84. The number of halogens is 2. The molecule has 1 fully saturated rings. The molecule has 0 saturated carbocycles. The van der Waals surface area contributed by atoms with Gasteiger partial charge in [-0.05, 0) is 50.5 Å². The monoisotopic (exact) mass is 491 g/mol. The Labute approximate surface area is 178 Å². The maximum absolute atomic E-state index is 13.4. The SMILES string of the molecule is CCNC(=NCC(=O)N(C)C)NC1CCCN(c2ccc(F)cc2C)C1.I. The highest BCUT2D eigenvalue weighted by Gasteiger charge is 2.22. The number of nitrogens with one attached hydrogen (secondary N) is 2. The van der Waals surface area contributed by atoms with Gasteiger partial charge in [-0.25, -0.2) is 9.38 Å². The molecule has 0 radical (unpaired) electrons. The molecule has 1 unspecified atom stereocenters. The molecule has 1 amide bonds. The molecule has 0 aromatic heterocycles. The van der Waals surface area contributed by atoms with Crippen LogP contribution in [0.1, 0.15) is 25.3 Å². The summed E-state index contributed by atoms with van der Waals surface area (Å²) in [6, 6.07) is 5.16. The number of anilines is 1. The standard InChI is InChI=1S/C19H30FN5O.HI/c1-5-21-19(22-12-18(26)24(3)4)23-16-7-6-10-25(13-16)17-9-8-15(20)11-14(17)2;/h8-9,11,16H,5-7,10,12-13H2,1-4H3,(H2,21,22,23);1H. The van der Waals surface area contributed by atoms with Gasteiger partial charge in [-0.3, -0.25) is 4.79 Å². The Bertz CT molecular complexity index is 653. The van der Waals surface area contributed by atoms with Crippen LogP contribution in [0, 0.1) is 12.7 Å². The number of benzene rings is 1. The largest absolute Gasteiger partial charge is 0.369 e. The lowest BCUT2D eigenvalue weighted by Gasteiger charge is -2.36. The van der Waals surface area contributed by atoms with Gasteiger partial charge in [0.25, 0.3) is 0 Å². The number of guanidine groups is 1. The average Bonchev–Trinajstić information content (AvgIpc) is 2.59. The first-order chi connectivity index (χ1) is 12.4. The normalized spacial score (nSPS) is 17.1. The number of rotatable bonds is 5. The van der Waals surface area contributed by atoms with Gasteiger partial charge < -0.3 is 20.4 Å². The molecule has 6 nitrogen and oxygen atoms in total. The van der Waals surface area contributed by atoms with Gasteiger partial charge >= 0.3 is 0 Å². The van der Waals surface area contributed by atoms with Crippen LogP contribution in [-0.2, 0) is 4.79 Å². The van der Waals surface area contributed by atoms with Crippen molar-refractivity contribution >= 4 is 41.5 Å². The Balaban J connectivity index is 0.00000364. The number of piperidine rings is 1. The van der Waals surface area contributed by atoms with Gasteiger partial charge in [-0.1, -0.05) is 0 Å². The van der Waals surface area contributed by atoms with Crippen LogP contribution in [0.15, 0.2) is 23.2 Å². The number of aryl methyl sites for hydroxylation is 1. The van der Waals surface area contributed by atoms with Crippen molar-refractivity contribution in [2.75, 3.05) is 45.2 Å². The summed E-state index contributed by atoms with van der Waals surface area (Å²) in [5.41, 5.74) is 2.02. The molecule has 1 aromatic carbocycles. The topological polar surface area (TPSA) is 60.0 Å². The first kappa shape index (κ1) is 23.5. The summed E-state index contributed by atoms with van der Waals surface area (Å²) < 4.78 is 13.4. The summed E-state index contributed by atoms with van der Waals surface area (Å²) in [5, 5.41) is 6.63. The van der Waals surface area contributed by atoms with Crippen LogP contribution in [0.25, 0.3) is 0 Å². The van der Waals surface area contributed by atoms with Gasteiger partial charge in [0.2, 0.25) is 5.91 Å². The van der Waals surface area contributed by atoms with Crippen molar-refractivity contribution in [1.29, 1.82) is 0 Å². The van der Waals surface area contributed by atoms with E-state index >= 15 is 0 Å². The minimum Gasteiger partial charge on any atom is -0.369 e. The van der Waals surface area contributed by atoms with E-state index in [1.807, 2.05) is 19.9 Å². The molecule has 2 N–H and O–H groups in total. The quantitative estimate of drug-likeness (QED) is 0.378. The molecule has 0 spiro atoms. The Morgan fingerprint density at radius 3 is 2.78 bits per heavy atom. The predicted octanol–water partition coefficient (Wildman–Crippen LogP) is 2.36. The summed E-state index contributed by atoms with van der Waals surface area (Å²) in [4.78, 5) is 20.0. The van der Waals surface area contributed by atoms with Gasteiger partial charge in [-0.2, -0.15) is 0 Å². The Morgan fingerprint density at radius 1 is 1.41 bits per heavy atom. The van der Waals surface area contributed by atoms with Crippen molar-refractivity contribution in [3.8, 4) is 0 Å². The first-order valence-corrected chi connectivity index (χ1v) is 9.16. The van der Waals surface area contributed by atoms with Crippen LogP contribution in [0.4, 0.5) is 10.1 Å². The lowest BCUT2D eigenvalue weighted by molar-refractivity contribution is -0.127. The molecule has 0 aliphatic carbocycles. The number of likely N-dealkylation sites (N-methyl/N-ethyl adjacent to an activating group) is 1. The van der Waals surface area contributed by atoms with Crippen LogP contribution in [0.3, 0.4) is 0 Å². The first-order valence-electron chi connectivity index (χ1n) is 9.16. The van der Waals surface area contributed by atoms with Gasteiger partial charge in [-0.15, -0.1) is 24.0 Å². The third-order valence-electron chi connectivity index (χ3n) is 4.48. The summed E-state index contributed by atoms with van der Waals surface area (Å²) >= 11 is 0. The molecule has 1 atom stereocenters. The molecule has 1 aliphatic rings. The molecule has 1 aliphatic heterocycles. The van der Waals surface area contributed by atoms with E-state index in [0.29, 0.717) is 5.96 Å². The highest BCUT2D eigenvalue weighted by atomic mass is 127. The minimum absolute atomic E-state index is 0. The number of nitrogens with zero attached hydrogens (tertiary/aromatic N) is 3. The molecular formula is C19H31FIN5O. The third-order valence-corrected chi connectivity index (χ3v) is 4.48. The lowest BCUT2D eigenvalue weighted by atomic mass is 10.0. The summed E-state index contributed by atoms with van der Waals surface area (Å²) in [5.74, 6) is 0.421. The third kappa shape index (κ3) is 7.15. The van der Waals surface area contributed by atoms with Crippen LogP contribution >= 0.6 is 24.0 Å². The van der Waals surface area contributed by atoms with Gasteiger partial charge in [0.05, 0.1) is 0 Å². The molecule has 1 saturated heterocycles. The number of hydrogen-bond donors (Lipinski definition) is 2. The fraction of sp³-hybridized carbons (Fsp3) is 0.579. The van der Waals surface area contributed by atoms with Crippen LogP contribution in [0.5, 0.6) is 0 Å². The van der Waals surface area contributed by atoms with Gasteiger partial charge in [0, 0.05) is 45.5 Å². The number of hydrogen-bond acceptors (Lipinski definition) is 3. The van der Waals surface area contributed by atoms with E-state index in [4.69, 9.17) is 0 Å². The number of carbonyl (C=O) groups is 1. The van der Waals surface area contributed by atoms with E-state index in [1.54, 1.807) is 20.2 Å². The molecular weight excluding hydrogens is 460 g/mol. The second kappa shape index (κ2) is 11.3. The Kier molecular flexibility index (Phi) is 9.82. The molecule has 152 valence electrons. The maximum Gasteiger partial charge on any atom is 0.243 e.